The molecule has 0 spiro atoms. The van der Waals surface area contributed by atoms with Gasteiger partial charge in [-0.1, -0.05) is 42.5 Å². The van der Waals surface area contributed by atoms with Gasteiger partial charge in [0.2, 0.25) is 11.8 Å². The number of amides is 2. The molecule has 0 aromatic heterocycles. The van der Waals surface area contributed by atoms with E-state index in [1.807, 2.05) is 48.2 Å². The fraction of sp³-hybridized carbons (Fsp3) is 0.300. The topological polar surface area (TPSA) is 40.6 Å². The monoisotopic (exact) mass is 322 g/mol. The van der Waals surface area contributed by atoms with E-state index in [2.05, 4.69) is 12.1 Å². The van der Waals surface area contributed by atoms with Gasteiger partial charge >= 0.3 is 0 Å². The van der Waals surface area contributed by atoms with E-state index in [4.69, 9.17) is 0 Å². The van der Waals surface area contributed by atoms with Gasteiger partial charge in [-0.15, -0.1) is 0 Å². The average Bonchev–Trinajstić information content (AvgIpc) is 2.59. The summed E-state index contributed by atoms with van der Waals surface area (Å²) < 4.78 is 0. The minimum atomic E-state index is -0.116. The molecule has 0 unspecified atom stereocenters. The molecule has 2 aromatic rings. The summed E-state index contributed by atoms with van der Waals surface area (Å²) in [5.74, 6) is -0.127. The smallest absolute Gasteiger partial charge is 0.242 e. The zero-order valence-electron chi connectivity index (χ0n) is 14.2. The van der Waals surface area contributed by atoms with Crippen molar-refractivity contribution in [1.29, 1.82) is 0 Å². The zero-order chi connectivity index (χ0) is 17.1. The van der Waals surface area contributed by atoms with Crippen LogP contribution < -0.4 is 4.90 Å². The summed E-state index contributed by atoms with van der Waals surface area (Å²) in [5, 5.41) is 0. The lowest BCUT2D eigenvalue weighted by atomic mass is 10.00. The van der Waals surface area contributed by atoms with Crippen molar-refractivity contribution in [2.75, 3.05) is 18.0 Å². The number of carbonyl (C=O) groups excluding carboxylic acids is 2. The molecule has 1 aliphatic heterocycles. The molecule has 3 rings (SSSR count). The molecule has 1 heterocycles. The number of anilines is 1. The Balaban J connectivity index is 1.76. The highest BCUT2D eigenvalue weighted by molar-refractivity contribution is 5.98. The maximum absolute atomic E-state index is 12.7. The van der Waals surface area contributed by atoms with Crippen LogP contribution in [0.4, 0.5) is 5.69 Å². The second-order valence-electron chi connectivity index (χ2n) is 6.23. The van der Waals surface area contributed by atoms with Crippen LogP contribution in [-0.4, -0.2) is 29.8 Å². The van der Waals surface area contributed by atoms with Gasteiger partial charge < -0.3 is 9.80 Å². The van der Waals surface area contributed by atoms with Crippen LogP contribution in [0, 0.1) is 6.92 Å². The zero-order valence-corrected chi connectivity index (χ0v) is 14.2. The van der Waals surface area contributed by atoms with Crippen LogP contribution in [0.2, 0.25) is 0 Å². The molecule has 0 bridgehead atoms. The Morgan fingerprint density at radius 3 is 2.42 bits per heavy atom. The molecule has 2 aromatic carbocycles. The third-order valence-corrected chi connectivity index (χ3v) is 4.56. The first-order valence-electron chi connectivity index (χ1n) is 8.24. The van der Waals surface area contributed by atoms with Crippen molar-refractivity contribution in [2.45, 2.75) is 26.8 Å². The van der Waals surface area contributed by atoms with Crippen molar-refractivity contribution in [2.24, 2.45) is 0 Å². The average molecular weight is 322 g/mol. The summed E-state index contributed by atoms with van der Waals surface area (Å²) in [6.07, 6.45) is 0.867. The van der Waals surface area contributed by atoms with E-state index < -0.39 is 0 Å². The molecular formula is C20H22N2O2. The van der Waals surface area contributed by atoms with Gasteiger partial charge in [0.25, 0.3) is 0 Å². The molecule has 0 aliphatic carbocycles. The summed E-state index contributed by atoms with van der Waals surface area (Å²) in [4.78, 5) is 28.2. The summed E-state index contributed by atoms with van der Waals surface area (Å²) in [6, 6.07) is 15.9. The van der Waals surface area contributed by atoms with Crippen molar-refractivity contribution < 1.29 is 9.59 Å². The maximum atomic E-state index is 12.7. The van der Waals surface area contributed by atoms with Crippen LogP contribution in [0.15, 0.2) is 48.5 Å². The quantitative estimate of drug-likeness (QED) is 0.872. The van der Waals surface area contributed by atoms with Crippen molar-refractivity contribution in [3.63, 3.8) is 0 Å². The molecule has 0 atom stereocenters. The lowest BCUT2D eigenvalue weighted by Crippen LogP contribution is -2.44. The number of aryl methyl sites for hydroxylation is 1. The van der Waals surface area contributed by atoms with E-state index in [0.717, 1.165) is 17.7 Å². The summed E-state index contributed by atoms with van der Waals surface area (Å²) in [6.45, 7) is 4.87. The van der Waals surface area contributed by atoms with Crippen LogP contribution in [0.25, 0.3) is 0 Å². The normalized spacial score (nSPS) is 13.3. The minimum Gasteiger partial charge on any atom is -0.336 e. The third kappa shape index (κ3) is 3.32. The van der Waals surface area contributed by atoms with Gasteiger partial charge in [-0.05, 0) is 36.1 Å². The van der Waals surface area contributed by atoms with Gasteiger partial charge in [0.1, 0.15) is 6.54 Å². The molecule has 124 valence electrons. The second kappa shape index (κ2) is 6.87. The standard InChI is InChI=1S/C20H22N2O2/c1-15-7-3-6-10-19(15)22(16(2)23)14-20(24)21-12-11-17-8-4-5-9-18(17)13-21/h3-10H,11-14H2,1-2H3. The SMILES string of the molecule is CC(=O)N(CC(=O)N1CCc2ccccc2C1)c1ccccc1C. The number of para-hydroxylation sites is 1. The minimum absolute atomic E-state index is 0.0112. The number of benzene rings is 2. The van der Waals surface area contributed by atoms with E-state index in [1.165, 1.54) is 18.1 Å². The van der Waals surface area contributed by atoms with Crippen LogP contribution in [0.3, 0.4) is 0 Å². The van der Waals surface area contributed by atoms with Gasteiger partial charge in [0, 0.05) is 25.7 Å². The predicted molar refractivity (Wildman–Crippen MR) is 94.8 cm³/mol. The number of hydrogen-bond donors (Lipinski definition) is 0. The Labute approximate surface area is 142 Å². The van der Waals surface area contributed by atoms with Crippen molar-refractivity contribution in [3.05, 3.63) is 65.2 Å². The van der Waals surface area contributed by atoms with E-state index in [0.29, 0.717) is 13.1 Å². The third-order valence-electron chi connectivity index (χ3n) is 4.56. The largest absolute Gasteiger partial charge is 0.336 e. The van der Waals surface area contributed by atoms with E-state index >= 15 is 0 Å². The Hall–Kier alpha value is -2.62. The highest BCUT2D eigenvalue weighted by Gasteiger charge is 2.24. The lowest BCUT2D eigenvalue weighted by molar-refractivity contribution is -0.132. The second-order valence-corrected chi connectivity index (χ2v) is 6.23. The molecular weight excluding hydrogens is 300 g/mol. The van der Waals surface area contributed by atoms with Crippen LogP contribution in [0.1, 0.15) is 23.6 Å². The van der Waals surface area contributed by atoms with E-state index in [-0.39, 0.29) is 18.4 Å². The number of nitrogens with zero attached hydrogens (tertiary/aromatic N) is 2. The van der Waals surface area contributed by atoms with Gasteiger partial charge in [0.15, 0.2) is 0 Å². The fourth-order valence-corrected chi connectivity index (χ4v) is 3.18. The van der Waals surface area contributed by atoms with Crippen LogP contribution in [-0.2, 0) is 22.6 Å². The van der Waals surface area contributed by atoms with Crippen molar-refractivity contribution in [3.8, 4) is 0 Å². The summed E-state index contributed by atoms with van der Waals surface area (Å²) >= 11 is 0. The Bertz CT molecular complexity index is 770. The number of rotatable bonds is 3. The lowest BCUT2D eigenvalue weighted by Gasteiger charge is -2.31. The van der Waals surface area contributed by atoms with Crippen molar-refractivity contribution >= 4 is 17.5 Å². The molecule has 24 heavy (non-hydrogen) atoms. The van der Waals surface area contributed by atoms with Gasteiger partial charge in [-0.3, -0.25) is 9.59 Å². The maximum Gasteiger partial charge on any atom is 0.242 e. The fourth-order valence-electron chi connectivity index (χ4n) is 3.18. The molecule has 0 N–H and O–H groups in total. The van der Waals surface area contributed by atoms with Crippen LogP contribution in [0.5, 0.6) is 0 Å². The molecule has 0 saturated heterocycles. The number of fused-ring (bicyclic) bond motifs is 1. The first-order valence-corrected chi connectivity index (χ1v) is 8.24. The first kappa shape index (κ1) is 16.2. The molecule has 0 radical (unpaired) electrons. The van der Waals surface area contributed by atoms with E-state index in [1.54, 1.807) is 4.90 Å². The Morgan fingerprint density at radius 1 is 1.04 bits per heavy atom. The Kier molecular flexibility index (Phi) is 4.65. The summed E-state index contributed by atoms with van der Waals surface area (Å²) in [7, 11) is 0. The molecule has 0 saturated carbocycles. The number of carbonyl (C=O) groups is 2. The highest BCUT2D eigenvalue weighted by Crippen LogP contribution is 2.22. The predicted octanol–water partition coefficient (Wildman–Crippen LogP) is 2.93. The molecule has 4 nitrogen and oxygen atoms in total. The Morgan fingerprint density at radius 2 is 1.71 bits per heavy atom. The van der Waals surface area contributed by atoms with Crippen LogP contribution >= 0.6 is 0 Å². The van der Waals surface area contributed by atoms with Gasteiger partial charge in [-0.25, -0.2) is 0 Å². The summed E-state index contributed by atoms with van der Waals surface area (Å²) in [5.41, 5.74) is 4.30. The number of hydrogen-bond acceptors (Lipinski definition) is 2. The van der Waals surface area contributed by atoms with Gasteiger partial charge in [0.05, 0.1) is 0 Å². The van der Waals surface area contributed by atoms with Gasteiger partial charge in [-0.2, -0.15) is 0 Å². The molecule has 0 fully saturated rings. The first-order chi connectivity index (χ1) is 11.6. The van der Waals surface area contributed by atoms with E-state index in [9.17, 15) is 9.59 Å². The molecule has 4 heteroatoms. The van der Waals surface area contributed by atoms with Crippen molar-refractivity contribution in [1.82, 2.24) is 4.90 Å². The highest BCUT2D eigenvalue weighted by atomic mass is 16.2. The molecule has 2 amide bonds. The molecule has 1 aliphatic rings.